The Morgan fingerprint density at radius 1 is 1.17 bits per heavy atom. The van der Waals surface area contributed by atoms with E-state index in [2.05, 4.69) is 28.5 Å². The number of allylic oxidation sites excluding steroid dienone is 3. The minimum atomic E-state index is -0.638. The molecule has 41 heavy (non-hydrogen) atoms. The highest BCUT2D eigenvalue weighted by atomic mass is 32.2. The fraction of sp³-hybridized carbons (Fsp3) is 0.241. The van der Waals surface area contributed by atoms with Gasteiger partial charge in [-0.1, -0.05) is 66.4 Å². The number of rotatable bonds is 8. The number of thioether (sulfide) groups is 1. The number of para-hydroxylation sites is 1. The smallest absolute Gasteiger partial charge is 0.250 e. The van der Waals surface area contributed by atoms with E-state index in [-0.39, 0.29) is 28.8 Å². The van der Waals surface area contributed by atoms with Crippen LogP contribution in [0.1, 0.15) is 53.6 Å². The molecule has 1 unspecified atom stereocenters. The van der Waals surface area contributed by atoms with Crippen LogP contribution in [0.15, 0.2) is 75.5 Å². The molecule has 1 aliphatic heterocycles. The Kier molecular flexibility index (Phi) is 8.19. The summed E-state index contributed by atoms with van der Waals surface area (Å²) in [6.45, 7) is 2.07. The number of amides is 2. The molecular weight excluding hydrogens is 558 g/mol. The summed E-state index contributed by atoms with van der Waals surface area (Å²) >= 11 is 2.38. The lowest BCUT2D eigenvalue weighted by atomic mass is 9.75. The van der Waals surface area contributed by atoms with Gasteiger partial charge in [0.1, 0.15) is 5.82 Å². The molecule has 1 aromatic heterocycles. The Balaban J connectivity index is 1.40. The summed E-state index contributed by atoms with van der Waals surface area (Å²) in [5.41, 5.74) is 16.2. The summed E-state index contributed by atoms with van der Waals surface area (Å²) < 4.78 is 0.506. The third-order valence-corrected chi connectivity index (χ3v) is 9.06. The van der Waals surface area contributed by atoms with Crippen molar-refractivity contribution in [3.63, 3.8) is 0 Å². The number of Topliss-reactive ketones (excluding diaryl/α,β-unsaturated/α-hetero) is 1. The molecule has 10 nitrogen and oxygen atoms in total. The van der Waals surface area contributed by atoms with Crippen molar-refractivity contribution in [3.05, 3.63) is 87.9 Å². The number of primary amides is 1. The zero-order valence-corrected chi connectivity index (χ0v) is 23.8. The van der Waals surface area contributed by atoms with Crippen LogP contribution in [-0.4, -0.2) is 33.5 Å². The van der Waals surface area contributed by atoms with E-state index in [0.29, 0.717) is 45.6 Å². The SMILES string of the molecule is CCc1ccc(C2C(C#N)=C(N)N(c3nnc(SCC(=O)Nc4ccccc4C(N)=O)s3)C3=C2C(=O)CCC3)cc1. The molecule has 2 aromatic carbocycles. The normalized spacial score (nSPS) is 16.8. The number of aryl methyl sites for hydroxylation is 1. The molecular formula is C29H27N7O3S2. The predicted molar refractivity (Wildman–Crippen MR) is 158 cm³/mol. The number of nitrogens with two attached hydrogens (primary N) is 2. The molecule has 1 aliphatic carbocycles. The first-order valence-electron chi connectivity index (χ1n) is 13.0. The summed E-state index contributed by atoms with van der Waals surface area (Å²) in [7, 11) is 0. The first-order chi connectivity index (χ1) is 19.8. The summed E-state index contributed by atoms with van der Waals surface area (Å²) in [6.07, 6.45) is 2.56. The highest BCUT2D eigenvalue weighted by Crippen LogP contribution is 2.47. The van der Waals surface area contributed by atoms with Crippen molar-refractivity contribution >= 4 is 51.5 Å². The number of aromatic nitrogens is 2. The molecule has 0 saturated heterocycles. The van der Waals surface area contributed by atoms with Gasteiger partial charge < -0.3 is 16.8 Å². The molecule has 12 heteroatoms. The van der Waals surface area contributed by atoms with Crippen LogP contribution in [0.5, 0.6) is 0 Å². The van der Waals surface area contributed by atoms with Gasteiger partial charge in [0.15, 0.2) is 10.1 Å². The molecule has 2 amide bonds. The molecule has 1 atom stereocenters. The first kappa shape index (κ1) is 28.1. The molecule has 0 spiro atoms. The van der Waals surface area contributed by atoms with Crippen molar-refractivity contribution in [2.24, 2.45) is 11.5 Å². The number of nitriles is 1. The number of anilines is 2. The largest absolute Gasteiger partial charge is 0.384 e. The second kappa shape index (κ2) is 12.0. The lowest BCUT2D eigenvalue weighted by Crippen LogP contribution is -2.38. The van der Waals surface area contributed by atoms with Crippen LogP contribution in [0.3, 0.4) is 0 Å². The molecule has 2 heterocycles. The molecule has 208 valence electrons. The van der Waals surface area contributed by atoms with Gasteiger partial charge in [-0.15, -0.1) is 10.2 Å². The Morgan fingerprint density at radius 2 is 1.93 bits per heavy atom. The third kappa shape index (κ3) is 5.59. The highest BCUT2D eigenvalue weighted by Gasteiger charge is 2.41. The van der Waals surface area contributed by atoms with Crippen LogP contribution in [-0.2, 0) is 16.0 Å². The van der Waals surface area contributed by atoms with Gasteiger partial charge >= 0.3 is 0 Å². The van der Waals surface area contributed by atoms with E-state index in [9.17, 15) is 19.6 Å². The number of ketones is 1. The molecule has 0 radical (unpaired) electrons. The summed E-state index contributed by atoms with van der Waals surface area (Å²) in [6, 6.07) is 16.7. The Morgan fingerprint density at radius 3 is 2.63 bits per heavy atom. The van der Waals surface area contributed by atoms with Gasteiger partial charge in [0, 0.05) is 17.7 Å². The fourth-order valence-electron chi connectivity index (χ4n) is 5.06. The molecule has 0 fully saturated rings. The van der Waals surface area contributed by atoms with Crippen molar-refractivity contribution in [3.8, 4) is 6.07 Å². The average Bonchev–Trinajstić information content (AvgIpc) is 3.44. The quantitative estimate of drug-likeness (QED) is 0.328. The van der Waals surface area contributed by atoms with Gasteiger partial charge in [-0.3, -0.25) is 19.3 Å². The Labute approximate surface area is 245 Å². The average molecular weight is 586 g/mol. The maximum Gasteiger partial charge on any atom is 0.250 e. The van der Waals surface area contributed by atoms with E-state index >= 15 is 0 Å². The zero-order chi connectivity index (χ0) is 29.1. The van der Waals surface area contributed by atoms with Crippen LogP contribution >= 0.6 is 23.1 Å². The molecule has 0 bridgehead atoms. The van der Waals surface area contributed by atoms with Gasteiger partial charge in [-0.25, -0.2) is 0 Å². The van der Waals surface area contributed by atoms with Crippen LogP contribution in [0, 0.1) is 11.3 Å². The van der Waals surface area contributed by atoms with Crippen molar-refractivity contribution in [1.82, 2.24) is 10.2 Å². The van der Waals surface area contributed by atoms with Gasteiger partial charge in [-0.05, 0) is 42.5 Å². The minimum Gasteiger partial charge on any atom is -0.384 e. The molecule has 2 aliphatic rings. The number of hydrogen-bond acceptors (Lipinski definition) is 10. The van der Waals surface area contributed by atoms with Gasteiger partial charge in [0.05, 0.1) is 34.6 Å². The number of nitrogens with zero attached hydrogens (tertiary/aromatic N) is 4. The second-order valence-electron chi connectivity index (χ2n) is 9.51. The van der Waals surface area contributed by atoms with Gasteiger partial charge in [-0.2, -0.15) is 5.26 Å². The van der Waals surface area contributed by atoms with Crippen LogP contribution in [0.2, 0.25) is 0 Å². The van der Waals surface area contributed by atoms with Gasteiger partial charge in [0.2, 0.25) is 11.0 Å². The maximum absolute atomic E-state index is 13.3. The van der Waals surface area contributed by atoms with Crippen molar-refractivity contribution in [1.29, 1.82) is 5.26 Å². The number of carbonyl (C=O) groups is 3. The van der Waals surface area contributed by atoms with E-state index in [1.165, 1.54) is 29.2 Å². The minimum absolute atomic E-state index is 0.00639. The lowest BCUT2D eigenvalue weighted by Gasteiger charge is -2.38. The van der Waals surface area contributed by atoms with E-state index in [4.69, 9.17) is 11.5 Å². The monoisotopic (exact) mass is 585 g/mol. The predicted octanol–water partition coefficient (Wildman–Crippen LogP) is 4.23. The summed E-state index contributed by atoms with van der Waals surface area (Å²) in [5, 5.41) is 21.8. The molecule has 5 rings (SSSR count). The van der Waals surface area contributed by atoms with E-state index in [1.807, 2.05) is 24.3 Å². The van der Waals surface area contributed by atoms with Gasteiger partial charge in [0.25, 0.3) is 5.91 Å². The molecule has 5 N–H and O–H groups in total. The second-order valence-corrected chi connectivity index (χ2v) is 11.7. The number of nitrogens with one attached hydrogen (secondary N) is 1. The highest BCUT2D eigenvalue weighted by molar-refractivity contribution is 8.01. The van der Waals surface area contributed by atoms with E-state index in [1.54, 1.807) is 23.1 Å². The Hall–Kier alpha value is -4.47. The first-order valence-corrected chi connectivity index (χ1v) is 14.8. The van der Waals surface area contributed by atoms with Crippen molar-refractivity contribution < 1.29 is 14.4 Å². The third-order valence-electron chi connectivity index (χ3n) is 7.02. The van der Waals surface area contributed by atoms with Crippen molar-refractivity contribution in [2.45, 2.75) is 42.9 Å². The maximum atomic E-state index is 13.3. The van der Waals surface area contributed by atoms with Crippen LogP contribution in [0.4, 0.5) is 10.8 Å². The molecule has 3 aromatic rings. The fourth-order valence-corrected chi connectivity index (χ4v) is 6.74. The number of hydrogen-bond donors (Lipinski definition) is 3. The number of benzene rings is 2. The molecule has 0 saturated carbocycles. The zero-order valence-electron chi connectivity index (χ0n) is 22.2. The standard InChI is InChI=1S/C29H27N7O3S2/c1-2-16-10-12-17(13-11-16)24-19(14-30)26(31)36(21-8-5-9-22(37)25(21)24)28-34-35-29(41-28)40-15-23(38)33-20-7-4-3-6-18(20)27(32)39/h3-4,6-7,10-13,24H,2,5,8-9,15,31H2,1H3,(H2,32,39)(H,33,38). The topological polar surface area (TPSA) is 168 Å². The lowest BCUT2D eigenvalue weighted by molar-refractivity contribution is -0.116. The number of carbonyl (C=O) groups excluding carboxylic acids is 3. The van der Waals surface area contributed by atoms with Crippen molar-refractivity contribution in [2.75, 3.05) is 16.0 Å². The summed E-state index contributed by atoms with van der Waals surface area (Å²) in [4.78, 5) is 39.2. The van der Waals surface area contributed by atoms with Crippen LogP contribution in [0.25, 0.3) is 0 Å². The van der Waals surface area contributed by atoms with E-state index < -0.39 is 11.8 Å². The Bertz CT molecular complexity index is 1640. The van der Waals surface area contributed by atoms with E-state index in [0.717, 1.165) is 23.2 Å². The summed E-state index contributed by atoms with van der Waals surface area (Å²) in [5.74, 6) is -1.30. The van der Waals surface area contributed by atoms with Crippen LogP contribution < -0.4 is 21.7 Å².